The molecule has 0 spiro atoms. The van der Waals surface area contributed by atoms with Crippen LogP contribution >= 0.6 is 11.8 Å². The molecule has 0 heterocycles. The maximum atomic E-state index is 12.3. The molecule has 0 aliphatic carbocycles. The second-order valence-electron chi connectivity index (χ2n) is 5.92. The molecule has 2 rings (SSSR count). The molecule has 0 aromatic heterocycles. The lowest BCUT2D eigenvalue weighted by Crippen LogP contribution is -2.32. The number of amides is 1. The normalized spacial score (nSPS) is 11.8. The number of hydrogen-bond donors (Lipinski definition) is 1. The van der Waals surface area contributed by atoms with Gasteiger partial charge in [0.1, 0.15) is 5.75 Å². The van der Waals surface area contributed by atoms with Gasteiger partial charge in [-0.2, -0.15) is 0 Å². The largest absolute Gasteiger partial charge is 0.497 e. The standard InChI is InChI=1S/C20H25NO2S/c1-14-5-10-19(15(2)13-14)24-16(3)20(22)21-12-11-17-6-8-18(23-4)9-7-17/h5-10,13,16H,11-12H2,1-4H3,(H,21,22). The molecule has 0 bridgehead atoms. The molecule has 0 aliphatic heterocycles. The Balaban J connectivity index is 1.80. The summed E-state index contributed by atoms with van der Waals surface area (Å²) in [5.74, 6) is 0.926. The first kappa shape index (κ1) is 18.4. The highest BCUT2D eigenvalue weighted by Crippen LogP contribution is 2.27. The van der Waals surface area contributed by atoms with Crippen molar-refractivity contribution in [1.29, 1.82) is 0 Å². The summed E-state index contributed by atoms with van der Waals surface area (Å²) in [6.07, 6.45) is 0.816. The fourth-order valence-electron chi connectivity index (χ4n) is 2.44. The van der Waals surface area contributed by atoms with Crippen molar-refractivity contribution < 1.29 is 9.53 Å². The number of methoxy groups -OCH3 is 1. The minimum atomic E-state index is -0.109. The third kappa shape index (κ3) is 5.31. The van der Waals surface area contributed by atoms with Gasteiger partial charge in [0, 0.05) is 11.4 Å². The minimum absolute atomic E-state index is 0.0773. The van der Waals surface area contributed by atoms with Crippen LogP contribution in [-0.2, 0) is 11.2 Å². The summed E-state index contributed by atoms with van der Waals surface area (Å²) in [5.41, 5.74) is 3.65. The van der Waals surface area contributed by atoms with Crippen molar-refractivity contribution >= 4 is 17.7 Å². The quantitative estimate of drug-likeness (QED) is 0.768. The summed E-state index contributed by atoms with van der Waals surface area (Å²) < 4.78 is 5.14. The minimum Gasteiger partial charge on any atom is -0.497 e. The second-order valence-corrected chi connectivity index (χ2v) is 7.30. The molecule has 128 valence electrons. The molecule has 1 unspecified atom stereocenters. The number of thioether (sulfide) groups is 1. The zero-order valence-corrected chi connectivity index (χ0v) is 15.6. The van der Waals surface area contributed by atoms with Gasteiger partial charge in [-0.3, -0.25) is 4.79 Å². The maximum absolute atomic E-state index is 12.3. The second kappa shape index (κ2) is 8.78. The number of aryl methyl sites for hydroxylation is 2. The van der Waals surface area contributed by atoms with Crippen LogP contribution in [0.1, 0.15) is 23.6 Å². The van der Waals surface area contributed by atoms with Crippen LogP contribution in [0.3, 0.4) is 0 Å². The van der Waals surface area contributed by atoms with Gasteiger partial charge >= 0.3 is 0 Å². The van der Waals surface area contributed by atoms with Crippen molar-refractivity contribution in [2.45, 2.75) is 37.3 Å². The molecule has 4 heteroatoms. The highest BCUT2D eigenvalue weighted by atomic mass is 32.2. The number of rotatable bonds is 7. The third-order valence-electron chi connectivity index (χ3n) is 3.88. The van der Waals surface area contributed by atoms with Crippen LogP contribution in [0.25, 0.3) is 0 Å². The molecule has 1 amide bonds. The van der Waals surface area contributed by atoms with E-state index in [1.165, 1.54) is 21.6 Å². The summed E-state index contributed by atoms with van der Waals surface area (Å²) in [4.78, 5) is 13.4. The number of carbonyl (C=O) groups excluding carboxylic acids is 1. The van der Waals surface area contributed by atoms with Crippen molar-refractivity contribution in [1.82, 2.24) is 5.32 Å². The Morgan fingerprint density at radius 3 is 2.50 bits per heavy atom. The monoisotopic (exact) mass is 343 g/mol. The van der Waals surface area contributed by atoms with Crippen molar-refractivity contribution in [2.24, 2.45) is 0 Å². The fraction of sp³-hybridized carbons (Fsp3) is 0.350. The van der Waals surface area contributed by atoms with Crippen molar-refractivity contribution in [3.8, 4) is 5.75 Å². The van der Waals surface area contributed by atoms with E-state index in [0.29, 0.717) is 6.54 Å². The van der Waals surface area contributed by atoms with Crippen LogP contribution in [0.2, 0.25) is 0 Å². The van der Waals surface area contributed by atoms with Crippen LogP contribution in [0.15, 0.2) is 47.4 Å². The van der Waals surface area contributed by atoms with E-state index >= 15 is 0 Å². The van der Waals surface area contributed by atoms with Gasteiger partial charge in [0.25, 0.3) is 0 Å². The van der Waals surface area contributed by atoms with Gasteiger partial charge in [-0.15, -0.1) is 11.8 Å². The highest BCUT2D eigenvalue weighted by Gasteiger charge is 2.14. The molecule has 0 saturated carbocycles. The predicted molar refractivity (Wildman–Crippen MR) is 101 cm³/mol. The van der Waals surface area contributed by atoms with E-state index in [1.54, 1.807) is 18.9 Å². The Kier molecular flexibility index (Phi) is 6.73. The lowest BCUT2D eigenvalue weighted by atomic mass is 10.1. The Hall–Kier alpha value is -1.94. The first-order valence-corrected chi connectivity index (χ1v) is 9.02. The summed E-state index contributed by atoms with van der Waals surface area (Å²) in [6, 6.07) is 14.3. The van der Waals surface area contributed by atoms with Crippen LogP contribution in [-0.4, -0.2) is 24.8 Å². The first-order valence-electron chi connectivity index (χ1n) is 8.14. The van der Waals surface area contributed by atoms with Crippen LogP contribution in [0.4, 0.5) is 0 Å². The van der Waals surface area contributed by atoms with E-state index in [-0.39, 0.29) is 11.2 Å². The Labute approximate surface area is 148 Å². The summed E-state index contributed by atoms with van der Waals surface area (Å²) >= 11 is 1.61. The maximum Gasteiger partial charge on any atom is 0.233 e. The van der Waals surface area contributed by atoms with Crippen LogP contribution < -0.4 is 10.1 Å². The van der Waals surface area contributed by atoms with Crippen LogP contribution in [0.5, 0.6) is 5.75 Å². The van der Waals surface area contributed by atoms with Crippen molar-refractivity contribution in [3.05, 3.63) is 59.2 Å². The van der Waals surface area contributed by atoms with Crippen molar-refractivity contribution in [3.63, 3.8) is 0 Å². The molecule has 0 saturated heterocycles. The molecule has 1 atom stereocenters. The average molecular weight is 343 g/mol. The van der Waals surface area contributed by atoms with E-state index < -0.39 is 0 Å². The van der Waals surface area contributed by atoms with E-state index in [0.717, 1.165) is 12.2 Å². The smallest absolute Gasteiger partial charge is 0.233 e. The number of carbonyl (C=O) groups is 1. The lowest BCUT2D eigenvalue weighted by molar-refractivity contribution is -0.120. The van der Waals surface area contributed by atoms with Gasteiger partial charge in [-0.25, -0.2) is 0 Å². The summed E-state index contributed by atoms with van der Waals surface area (Å²) in [6.45, 7) is 6.76. The zero-order chi connectivity index (χ0) is 17.5. The van der Waals surface area contributed by atoms with Gasteiger partial charge in [0.2, 0.25) is 5.91 Å². The van der Waals surface area contributed by atoms with Gasteiger partial charge in [-0.05, 0) is 56.5 Å². The number of ether oxygens (including phenoxy) is 1. The predicted octanol–water partition coefficient (Wildman–Crippen LogP) is 4.15. The summed E-state index contributed by atoms with van der Waals surface area (Å²) in [5, 5.41) is 2.91. The Morgan fingerprint density at radius 1 is 1.17 bits per heavy atom. The van der Waals surface area contributed by atoms with E-state index in [9.17, 15) is 4.79 Å². The molecule has 0 radical (unpaired) electrons. The molecular weight excluding hydrogens is 318 g/mol. The van der Waals surface area contributed by atoms with Gasteiger partial charge in [0.15, 0.2) is 0 Å². The summed E-state index contributed by atoms with van der Waals surface area (Å²) in [7, 11) is 1.66. The zero-order valence-electron chi connectivity index (χ0n) is 14.8. The van der Waals surface area contributed by atoms with Gasteiger partial charge in [0.05, 0.1) is 12.4 Å². The molecule has 0 fully saturated rings. The van der Waals surface area contributed by atoms with E-state index in [1.807, 2.05) is 31.2 Å². The third-order valence-corrected chi connectivity index (χ3v) is 5.15. The number of nitrogens with one attached hydrogen (secondary N) is 1. The Morgan fingerprint density at radius 2 is 1.88 bits per heavy atom. The molecule has 1 N–H and O–H groups in total. The lowest BCUT2D eigenvalue weighted by Gasteiger charge is -2.14. The number of hydrogen-bond acceptors (Lipinski definition) is 3. The fourth-order valence-corrected chi connectivity index (χ4v) is 3.40. The molecular formula is C20H25NO2S. The molecule has 2 aromatic carbocycles. The molecule has 0 aliphatic rings. The SMILES string of the molecule is COc1ccc(CCNC(=O)C(C)Sc2ccc(C)cc2C)cc1. The average Bonchev–Trinajstić information content (AvgIpc) is 2.57. The molecule has 3 nitrogen and oxygen atoms in total. The van der Waals surface area contributed by atoms with Crippen LogP contribution in [0, 0.1) is 13.8 Å². The Bertz CT molecular complexity index is 683. The molecule has 2 aromatic rings. The van der Waals surface area contributed by atoms with E-state index in [4.69, 9.17) is 4.74 Å². The number of benzene rings is 2. The van der Waals surface area contributed by atoms with Crippen molar-refractivity contribution in [2.75, 3.05) is 13.7 Å². The van der Waals surface area contributed by atoms with E-state index in [2.05, 4.69) is 37.4 Å². The first-order chi connectivity index (χ1) is 11.5. The van der Waals surface area contributed by atoms with Gasteiger partial charge < -0.3 is 10.1 Å². The topological polar surface area (TPSA) is 38.3 Å². The molecule has 24 heavy (non-hydrogen) atoms. The van der Waals surface area contributed by atoms with Gasteiger partial charge in [-0.1, -0.05) is 29.8 Å². The highest BCUT2D eigenvalue weighted by molar-refractivity contribution is 8.00.